The third-order valence-electron chi connectivity index (χ3n) is 7.16. The maximum Gasteiger partial charge on any atom is 0.338 e. The van der Waals surface area contributed by atoms with E-state index in [1.165, 1.54) is 24.6 Å². The first kappa shape index (κ1) is 30.5. The molecular formula is C28H33ClN4O7S. The Hall–Kier alpha value is -3.48. The second kappa shape index (κ2) is 13.0. The van der Waals surface area contributed by atoms with E-state index < -0.39 is 44.8 Å². The van der Waals surface area contributed by atoms with Gasteiger partial charge in [0, 0.05) is 31.3 Å². The zero-order chi connectivity index (χ0) is 29.7. The number of benzene rings is 2. The number of esters is 1. The SMILES string of the molecule is CCCCS(=O)(=O)N1C(=O)NC(C)C(C(=O)OC2CCN(Cc3ccccc3)CC2)=C1c1cccc([N+](=O)[O-])c1Cl. The van der Waals surface area contributed by atoms with E-state index in [1.54, 1.807) is 6.92 Å². The van der Waals surface area contributed by atoms with Crippen LogP contribution < -0.4 is 5.32 Å². The van der Waals surface area contributed by atoms with E-state index in [1.807, 2.05) is 18.2 Å². The molecule has 13 heteroatoms. The van der Waals surface area contributed by atoms with Crippen LogP contribution in [0.5, 0.6) is 0 Å². The zero-order valence-corrected chi connectivity index (χ0v) is 24.5. The van der Waals surface area contributed by atoms with Gasteiger partial charge in [0.1, 0.15) is 11.1 Å². The van der Waals surface area contributed by atoms with Crippen molar-refractivity contribution in [1.82, 2.24) is 14.5 Å². The molecule has 0 radical (unpaired) electrons. The zero-order valence-electron chi connectivity index (χ0n) is 22.9. The van der Waals surface area contributed by atoms with Crippen molar-refractivity contribution in [3.63, 3.8) is 0 Å². The van der Waals surface area contributed by atoms with Gasteiger partial charge in [-0.25, -0.2) is 18.0 Å². The van der Waals surface area contributed by atoms with E-state index in [0.717, 1.165) is 12.6 Å². The van der Waals surface area contributed by atoms with Crippen LogP contribution in [0.3, 0.4) is 0 Å². The molecule has 4 rings (SSSR count). The van der Waals surface area contributed by atoms with Crippen molar-refractivity contribution in [3.05, 3.63) is 80.4 Å². The number of likely N-dealkylation sites (tertiary alicyclic amines) is 1. The molecule has 2 aliphatic rings. The highest BCUT2D eigenvalue weighted by atomic mass is 35.5. The van der Waals surface area contributed by atoms with Gasteiger partial charge in [-0.2, -0.15) is 4.31 Å². The van der Waals surface area contributed by atoms with Crippen LogP contribution in [0.25, 0.3) is 5.70 Å². The second-order valence-corrected chi connectivity index (χ2v) is 12.4. The van der Waals surface area contributed by atoms with Crippen molar-refractivity contribution in [2.75, 3.05) is 18.8 Å². The average molecular weight is 605 g/mol. The third-order valence-corrected chi connectivity index (χ3v) is 9.26. The number of ether oxygens (including phenoxy) is 1. The summed E-state index contributed by atoms with van der Waals surface area (Å²) < 4.78 is 33.2. The summed E-state index contributed by atoms with van der Waals surface area (Å²) in [6, 6.07) is 12.0. The Morgan fingerprint density at radius 1 is 1.15 bits per heavy atom. The fraction of sp³-hybridized carbons (Fsp3) is 0.429. The molecule has 1 saturated heterocycles. The number of piperidine rings is 1. The van der Waals surface area contributed by atoms with E-state index in [-0.39, 0.29) is 34.0 Å². The predicted octanol–water partition coefficient (Wildman–Crippen LogP) is 4.71. The van der Waals surface area contributed by atoms with Gasteiger partial charge in [0.25, 0.3) is 5.69 Å². The Bertz CT molecular complexity index is 1440. The van der Waals surface area contributed by atoms with Crippen molar-refractivity contribution < 1.29 is 27.7 Å². The number of carbonyl (C=O) groups is 2. The molecule has 41 heavy (non-hydrogen) atoms. The molecule has 1 fully saturated rings. The fourth-order valence-corrected chi connectivity index (χ4v) is 6.93. The predicted molar refractivity (Wildman–Crippen MR) is 154 cm³/mol. The van der Waals surface area contributed by atoms with Gasteiger partial charge in [-0.05, 0) is 31.7 Å². The maximum absolute atomic E-state index is 13.7. The number of nitrogens with one attached hydrogen (secondary N) is 1. The fourth-order valence-electron chi connectivity index (χ4n) is 5.03. The van der Waals surface area contributed by atoms with Gasteiger partial charge < -0.3 is 10.1 Å². The summed E-state index contributed by atoms with van der Waals surface area (Å²) >= 11 is 6.41. The number of nitrogens with zero attached hydrogens (tertiary/aromatic N) is 3. The Morgan fingerprint density at radius 2 is 1.83 bits per heavy atom. The van der Waals surface area contributed by atoms with Crippen LogP contribution in [0.4, 0.5) is 10.5 Å². The molecule has 2 aromatic carbocycles. The van der Waals surface area contributed by atoms with Crippen molar-refractivity contribution in [2.24, 2.45) is 0 Å². The van der Waals surface area contributed by atoms with Crippen molar-refractivity contribution in [3.8, 4) is 0 Å². The highest BCUT2D eigenvalue weighted by Gasteiger charge is 2.43. The summed E-state index contributed by atoms with van der Waals surface area (Å²) in [5.74, 6) is -1.18. The molecule has 2 aromatic rings. The van der Waals surface area contributed by atoms with E-state index in [0.29, 0.717) is 36.7 Å². The number of halogens is 1. The first-order valence-corrected chi connectivity index (χ1v) is 15.5. The van der Waals surface area contributed by atoms with Crippen LogP contribution in [0, 0.1) is 10.1 Å². The minimum atomic E-state index is -4.28. The van der Waals surface area contributed by atoms with Gasteiger partial charge in [-0.15, -0.1) is 0 Å². The minimum absolute atomic E-state index is 0.118. The van der Waals surface area contributed by atoms with E-state index in [9.17, 15) is 28.1 Å². The molecule has 1 N–H and O–H groups in total. The highest BCUT2D eigenvalue weighted by Crippen LogP contribution is 2.39. The molecule has 11 nitrogen and oxygen atoms in total. The van der Waals surface area contributed by atoms with Gasteiger partial charge in [0.2, 0.25) is 10.0 Å². The number of carbonyl (C=O) groups excluding carboxylic acids is 2. The Labute approximate surface area is 244 Å². The van der Waals surface area contributed by atoms with Crippen molar-refractivity contribution in [2.45, 2.75) is 58.2 Å². The summed E-state index contributed by atoms with van der Waals surface area (Å²) in [4.78, 5) is 40.0. The lowest BCUT2D eigenvalue weighted by Crippen LogP contribution is -2.53. The lowest BCUT2D eigenvalue weighted by molar-refractivity contribution is -0.384. The van der Waals surface area contributed by atoms with Crippen molar-refractivity contribution >= 4 is 45.0 Å². The number of amides is 2. The van der Waals surface area contributed by atoms with Crippen molar-refractivity contribution in [1.29, 1.82) is 0 Å². The van der Waals surface area contributed by atoms with E-state index in [2.05, 4.69) is 22.3 Å². The number of nitro groups is 1. The molecule has 2 heterocycles. The Morgan fingerprint density at radius 3 is 2.46 bits per heavy atom. The normalized spacial score (nSPS) is 18.8. The second-order valence-electron chi connectivity index (χ2n) is 10.1. The number of unbranched alkanes of at least 4 members (excludes halogenated alkanes) is 1. The smallest absolute Gasteiger partial charge is 0.338 e. The summed E-state index contributed by atoms with van der Waals surface area (Å²) in [5, 5.41) is 13.8. The third kappa shape index (κ3) is 6.88. The van der Waals surface area contributed by atoms with Gasteiger partial charge in [-0.1, -0.05) is 67.4 Å². The molecule has 0 aromatic heterocycles. The van der Waals surface area contributed by atoms with Crippen LogP contribution in [-0.4, -0.2) is 65.5 Å². The molecule has 0 aliphatic carbocycles. The van der Waals surface area contributed by atoms with Crippen LogP contribution >= 0.6 is 11.6 Å². The summed E-state index contributed by atoms with van der Waals surface area (Å²) in [6.07, 6.45) is 1.51. The first-order valence-electron chi connectivity index (χ1n) is 13.5. The van der Waals surface area contributed by atoms with Crippen LogP contribution in [0.1, 0.15) is 50.7 Å². The first-order chi connectivity index (χ1) is 19.5. The number of nitro benzene ring substituents is 1. The summed E-state index contributed by atoms with van der Waals surface area (Å²) in [5.41, 5.74) is 0.117. The molecule has 2 amide bonds. The molecule has 220 valence electrons. The molecular weight excluding hydrogens is 572 g/mol. The van der Waals surface area contributed by atoms with Crippen LogP contribution in [-0.2, 0) is 26.1 Å². The highest BCUT2D eigenvalue weighted by molar-refractivity contribution is 7.89. The molecule has 2 aliphatic heterocycles. The van der Waals surface area contributed by atoms with Crippen LogP contribution in [0.2, 0.25) is 5.02 Å². The number of sulfonamides is 1. The minimum Gasteiger partial charge on any atom is -0.459 e. The van der Waals surface area contributed by atoms with E-state index in [4.69, 9.17) is 16.3 Å². The Balaban J connectivity index is 1.68. The maximum atomic E-state index is 13.7. The quantitative estimate of drug-likeness (QED) is 0.234. The van der Waals surface area contributed by atoms with Gasteiger partial charge in [-0.3, -0.25) is 15.0 Å². The molecule has 0 spiro atoms. The number of hydrogen-bond acceptors (Lipinski definition) is 8. The molecule has 0 bridgehead atoms. The number of urea groups is 1. The van der Waals surface area contributed by atoms with Gasteiger partial charge in [0.15, 0.2) is 0 Å². The summed E-state index contributed by atoms with van der Waals surface area (Å²) in [7, 11) is -4.28. The Kier molecular flexibility index (Phi) is 9.67. The number of hydrogen-bond donors (Lipinski definition) is 1. The van der Waals surface area contributed by atoms with Gasteiger partial charge in [0.05, 0.1) is 28.0 Å². The topological polar surface area (TPSA) is 139 Å². The largest absolute Gasteiger partial charge is 0.459 e. The number of rotatable bonds is 10. The van der Waals surface area contributed by atoms with Crippen LogP contribution in [0.15, 0.2) is 54.1 Å². The average Bonchev–Trinajstić information content (AvgIpc) is 2.93. The lowest BCUT2D eigenvalue weighted by atomic mass is 9.98. The lowest BCUT2D eigenvalue weighted by Gasteiger charge is -2.36. The molecule has 1 atom stereocenters. The van der Waals surface area contributed by atoms with Gasteiger partial charge >= 0.3 is 12.0 Å². The summed E-state index contributed by atoms with van der Waals surface area (Å²) in [6.45, 7) is 5.49. The molecule has 0 saturated carbocycles. The monoisotopic (exact) mass is 604 g/mol. The standard InChI is InChI=1S/C28H33ClN4O7S/c1-3-4-17-41(38,39)32-26(22-11-8-12-23(25(22)29)33(36)37)24(19(2)30-28(32)35)27(34)40-21-13-15-31(16-14-21)18-20-9-6-5-7-10-20/h5-12,19,21H,3-4,13-18H2,1-2H3,(H,30,35). The van der Waals surface area contributed by atoms with E-state index >= 15 is 0 Å². The molecule has 1 unspecified atom stereocenters.